The lowest BCUT2D eigenvalue weighted by Crippen LogP contribution is -2.25. The molecule has 0 amide bonds. The van der Waals surface area contributed by atoms with E-state index in [1.54, 1.807) is 32.9 Å². The van der Waals surface area contributed by atoms with E-state index in [4.69, 9.17) is 0 Å². The lowest BCUT2D eigenvalue weighted by molar-refractivity contribution is -0.139. The van der Waals surface area contributed by atoms with Crippen molar-refractivity contribution in [1.82, 2.24) is 4.98 Å². The fraction of sp³-hybridized carbons (Fsp3) is 0.333. The molecular formula is C18H19F3N2O2S2. The number of aromatic nitrogens is 1. The molecule has 1 heterocycles. The molecule has 0 radical (unpaired) electrons. The largest absolute Gasteiger partial charge is 0.591 e. The number of aliphatic hydroxyl groups is 1. The summed E-state index contributed by atoms with van der Waals surface area (Å²) in [5.41, 5.74) is -0.241. The number of halogens is 3. The smallest absolute Gasteiger partial charge is 0.417 e. The van der Waals surface area contributed by atoms with Gasteiger partial charge in [-0.05, 0) is 32.9 Å². The molecule has 0 aliphatic heterocycles. The third kappa shape index (κ3) is 5.71. The molecule has 1 atom stereocenters. The number of alkyl halides is 3. The van der Waals surface area contributed by atoms with Crippen molar-refractivity contribution >= 4 is 29.3 Å². The SMILES string of the molecule is CC(C)(C)[S+]([O-])/N=C/c1cccc(C(F)(F)F)c1Sc1ncccc1CO. The number of hydrogen-bond acceptors (Lipinski definition) is 5. The van der Waals surface area contributed by atoms with Gasteiger partial charge in [-0.2, -0.15) is 13.2 Å². The van der Waals surface area contributed by atoms with Gasteiger partial charge in [0, 0.05) is 22.2 Å². The van der Waals surface area contributed by atoms with Crippen LogP contribution in [0, 0.1) is 0 Å². The van der Waals surface area contributed by atoms with Crippen LogP contribution in [0.1, 0.15) is 37.5 Å². The van der Waals surface area contributed by atoms with E-state index in [0.29, 0.717) is 5.56 Å². The van der Waals surface area contributed by atoms with Crippen molar-refractivity contribution < 1.29 is 22.8 Å². The van der Waals surface area contributed by atoms with Gasteiger partial charge in [0.05, 0.1) is 18.4 Å². The van der Waals surface area contributed by atoms with Gasteiger partial charge in [-0.1, -0.05) is 34.4 Å². The summed E-state index contributed by atoms with van der Waals surface area (Å²) in [6, 6.07) is 6.91. The Morgan fingerprint density at radius 2 is 1.93 bits per heavy atom. The molecule has 1 N–H and O–H groups in total. The van der Waals surface area contributed by atoms with E-state index < -0.39 is 27.8 Å². The second-order valence-corrected chi connectivity index (χ2v) is 9.48. The predicted molar refractivity (Wildman–Crippen MR) is 101 cm³/mol. The summed E-state index contributed by atoms with van der Waals surface area (Å²) < 4.78 is 56.0. The third-order valence-corrected chi connectivity index (χ3v) is 5.95. The number of rotatable bonds is 5. The Labute approximate surface area is 163 Å². The average molecular weight is 416 g/mol. The normalized spacial score (nSPS) is 13.9. The monoisotopic (exact) mass is 416 g/mol. The summed E-state index contributed by atoms with van der Waals surface area (Å²) in [5, 5.41) is 9.69. The van der Waals surface area contributed by atoms with Crippen molar-refractivity contribution in [2.75, 3.05) is 0 Å². The third-order valence-electron chi connectivity index (χ3n) is 3.38. The number of pyridine rings is 1. The molecule has 4 nitrogen and oxygen atoms in total. The molecule has 0 fully saturated rings. The van der Waals surface area contributed by atoms with E-state index in [1.165, 1.54) is 24.5 Å². The maximum Gasteiger partial charge on any atom is 0.417 e. The van der Waals surface area contributed by atoms with Gasteiger partial charge in [0.1, 0.15) is 21.1 Å². The second kappa shape index (κ2) is 8.64. The molecule has 1 unspecified atom stereocenters. The molecule has 1 aromatic heterocycles. The first-order chi connectivity index (χ1) is 12.5. The minimum atomic E-state index is -4.58. The molecule has 0 spiro atoms. The molecule has 2 aromatic rings. The topological polar surface area (TPSA) is 68.5 Å². The van der Waals surface area contributed by atoms with Gasteiger partial charge in [0.15, 0.2) is 0 Å². The summed E-state index contributed by atoms with van der Waals surface area (Å²) in [5.74, 6) is 0. The van der Waals surface area contributed by atoms with Gasteiger partial charge in [-0.15, -0.1) is 0 Å². The summed E-state index contributed by atoms with van der Waals surface area (Å²) >= 11 is -0.806. The van der Waals surface area contributed by atoms with Gasteiger partial charge in [0.2, 0.25) is 0 Å². The van der Waals surface area contributed by atoms with Crippen LogP contribution in [-0.4, -0.2) is 25.6 Å². The fourth-order valence-corrected chi connectivity index (χ4v) is 3.62. The van der Waals surface area contributed by atoms with E-state index >= 15 is 0 Å². The van der Waals surface area contributed by atoms with Gasteiger partial charge in [-0.3, -0.25) is 0 Å². The van der Waals surface area contributed by atoms with Gasteiger partial charge >= 0.3 is 6.18 Å². The van der Waals surface area contributed by atoms with Crippen molar-refractivity contribution in [3.8, 4) is 0 Å². The van der Waals surface area contributed by atoms with Crippen LogP contribution in [0.4, 0.5) is 13.2 Å². The molecule has 0 aliphatic rings. The molecule has 146 valence electrons. The second-order valence-electron chi connectivity index (χ2n) is 6.55. The molecule has 9 heteroatoms. The highest BCUT2D eigenvalue weighted by Crippen LogP contribution is 2.41. The first-order valence-corrected chi connectivity index (χ1v) is 9.85. The molecule has 2 rings (SSSR count). The van der Waals surface area contributed by atoms with E-state index in [-0.39, 0.29) is 22.1 Å². The first kappa shape index (κ1) is 21.7. The standard InChI is InChI=1S/C18H19F3N2O2S2/c1-17(2,3)27(25)23-10-12-6-4-8-14(18(19,20)21)15(12)26-16-13(11-24)7-5-9-22-16/h4-10,24H,11H2,1-3H3/b23-10+. The Bertz CT molecular complexity index is 821. The zero-order valence-electron chi connectivity index (χ0n) is 14.9. The Morgan fingerprint density at radius 1 is 1.22 bits per heavy atom. The Kier molecular flexibility index (Phi) is 6.96. The number of aliphatic hydroxyl groups excluding tert-OH is 1. The van der Waals surface area contributed by atoms with Crippen LogP contribution in [0.15, 0.2) is 50.8 Å². The number of hydrogen-bond donors (Lipinski definition) is 1. The highest BCUT2D eigenvalue weighted by Gasteiger charge is 2.35. The quantitative estimate of drug-likeness (QED) is 0.570. The molecular weight excluding hydrogens is 397 g/mol. The van der Waals surface area contributed by atoms with Crippen LogP contribution >= 0.6 is 11.8 Å². The maximum atomic E-state index is 13.5. The lowest BCUT2D eigenvalue weighted by Gasteiger charge is -2.18. The minimum absolute atomic E-state index is 0.104. The summed E-state index contributed by atoms with van der Waals surface area (Å²) in [4.78, 5) is 3.97. The zero-order chi connectivity index (χ0) is 20.2. The van der Waals surface area contributed by atoms with E-state index in [2.05, 4.69) is 9.38 Å². The average Bonchev–Trinajstić information content (AvgIpc) is 2.59. The van der Waals surface area contributed by atoms with Crippen LogP contribution < -0.4 is 0 Å². The molecule has 0 saturated carbocycles. The molecule has 27 heavy (non-hydrogen) atoms. The van der Waals surface area contributed by atoms with E-state index in [0.717, 1.165) is 17.8 Å². The Morgan fingerprint density at radius 3 is 2.52 bits per heavy atom. The zero-order valence-corrected chi connectivity index (χ0v) is 16.6. The molecule has 0 bridgehead atoms. The molecule has 0 saturated heterocycles. The Balaban J connectivity index is 2.53. The van der Waals surface area contributed by atoms with Gasteiger partial charge in [-0.25, -0.2) is 4.98 Å². The summed E-state index contributed by atoms with van der Waals surface area (Å²) in [7, 11) is 0. The minimum Gasteiger partial charge on any atom is -0.591 e. The summed E-state index contributed by atoms with van der Waals surface area (Å²) in [6.45, 7) is 4.83. The van der Waals surface area contributed by atoms with Crippen LogP contribution in [0.3, 0.4) is 0 Å². The number of benzene rings is 1. The summed E-state index contributed by atoms with van der Waals surface area (Å²) in [6.07, 6.45) is -1.94. The van der Waals surface area contributed by atoms with Gasteiger partial charge in [0.25, 0.3) is 0 Å². The molecule has 0 aliphatic carbocycles. The van der Waals surface area contributed by atoms with Crippen LogP contribution in [0.2, 0.25) is 0 Å². The van der Waals surface area contributed by atoms with Gasteiger partial charge < -0.3 is 9.66 Å². The molecule has 1 aromatic carbocycles. The lowest BCUT2D eigenvalue weighted by atomic mass is 10.1. The highest BCUT2D eigenvalue weighted by molar-refractivity contribution is 7.99. The number of nitrogens with zero attached hydrogens (tertiary/aromatic N) is 2. The maximum absolute atomic E-state index is 13.5. The fourth-order valence-electron chi connectivity index (χ4n) is 1.99. The van der Waals surface area contributed by atoms with Crippen LogP contribution in [0.25, 0.3) is 0 Å². The highest BCUT2D eigenvalue weighted by atomic mass is 32.2. The van der Waals surface area contributed by atoms with Crippen LogP contribution in [0.5, 0.6) is 0 Å². The van der Waals surface area contributed by atoms with Crippen molar-refractivity contribution in [2.45, 2.75) is 48.2 Å². The van der Waals surface area contributed by atoms with E-state index in [9.17, 15) is 22.8 Å². The first-order valence-electron chi connectivity index (χ1n) is 7.93. The van der Waals surface area contributed by atoms with Crippen molar-refractivity contribution in [3.05, 3.63) is 53.2 Å². The van der Waals surface area contributed by atoms with Crippen LogP contribution in [-0.2, 0) is 24.1 Å². The Hall–Kier alpha value is -1.55. The predicted octanol–water partition coefficient (Wildman–Crippen LogP) is 4.63. The van der Waals surface area contributed by atoms with E-state index in [1.807, 2.05) is 0 Å². The van der Waals surface area contributed by atoms with Crippen molar-refractivity contribution in [3.63, 3.8) is 0 Å². The van der Waals surface area contributed by atoms with Crippen molar-refractivity contribution in [1.29, 1.82) is 0 Å². The van der Waals surface area contributed by atoms with Crippen molar-refractivity contribution in [2.24, 2.45) is 4.40 Å².